The number of hydrogen-bond acceptors (Lipinski definition) is 1. The molecule has 0 radical (unpaired) electrons. The van der Waals surface area contributed by atoms with E-state index in [1.807, 2.05) is 0 Å². The zero-order valence-corrected chi connectivity index (χ0v) is 14.7. The largest absolute Gasteiger partial charge is 0.497 e. The molecule has 0 spiro atoms. The molecule has 88 valence electrons. The monoisotopic (exact) mass is 468 g/mol. The number of ether oxygens (including phenoxy) is 1. The van der Waals surface area contributed by atoms with E-state index in [-0.39, 0.29) is 0 Å². The van der Waals surface area contributed by atoms with E-state index in [9.17, 15) is 0 Å². The van der Waals surface area contributed by atoms with Gasteiger partial charge in [0.25, 0.3) is 0 Å². The molecule has 0 saturated heterocycles. The third-order valence-corrected chi connectivity index (χ3v) is 4.54. The first kappa shape index (κ1) is 13.6. The molecule has 1 nitrogen and oxygen atoms in total. The summed E-state index contributed by atoms with van der Waals surface area (Å²) in [5.41, 5.74) is 2.52. The smallest absolute Gasteiger partial charge is 0.121 e. The van der Waals surface area contributed by atoms with Crippen LogP contribution in [0.4, 0.5) is 0 Å². The molecule has 0 saturated carbocycles. The lowest BCUT2D eigenvalue weighted by molar-refractivity contribution is 0.414. The van der Waals surface area contributed by atoms with Gasteiger partial charge in [0.2, 0.25) is 0 Å². The van der Waals surface area contributed by atoms with Crippen LogP contribution in [0.1, 0.15) is 0 Å². The highest BCUT2D eigenvalue weighted by molar-refractivity contribution is 14.1. The minimum atomic E-state index is 0.908. The molecular formula is C13H11I2OP. The molecule has 0 heterocycles. The Hall–Kier alpha value is 0.130. The maximum Gasteiger partial charge on any atom is 0.121 e. The normalized spacial score (nSPS) is 10.4. The Bertz CT molecular complexity index is 515. The Kier molecular flexibility index (Phi) is 4.66. The zero-order chi connectivity index (χ0) is 12.4. The summed E-state index contributed by atoms with van der Waals surface area (Å²) in [6, 6.07) is 12.6. The second-order valence-corrected chi connectivity index (χ2v) is 6.58. The number of methoxy groups -OCH3 is 1. The van der Waals surface area contributed by atoms with E-state index in [0.717, 1.165) is 5.75 Å². The van der Waals surface area contributed by atoms with Gasteiger partial charge in [-0.05, 0) is 68.2 Å². The summed E-state index contributed by atoms with van der Waals surface area (Å²) in [5.74, 6) is 0.908. The van der Waals surface area contributed by atoms with Crippen LogP contribution in [0.15, 0.2) is 36.4 Å². The average Bonchev–Trinajstić information content (AvgIpc) is 2.30. The molecule has 2 aromatic carbocycles. The fourth-order valence-corrected chi connectivity index (χ4v) is 4.12. The van der Waals surface area contributed by atoms with Crippen molar-refractivity contribution >= 4 is 59.7 Å². The molecule has 0 aromatic heterocycles. The fourth-order valence-electron chi connectivity index (χ4n) is 1.59. The van der Waals surface area contributed by atoms with Gasteiger partial charge in [-0.3, -0.25) is 0 Å². The van der Waals surface area contributed by atoms with Crippen LogP contribution in [0.3, 0.4) is 0 Å². The molecule has 0 amide bonds. The molecule has 0 bridgehead atoms. The lowest BCUT2D eigenvalue weighted by Crippen LogP contribution is -1.93. The Morgan fingerprint density at radius 2 is 1.53 bits per heavy atom. The van der Waals surface area contributed by atoms with Gasteiger partial charge in [-0.2, -0.15) is 0 Å². The Balaban J connectivity index is 2.55. The summed E-state index contributed by atoms with van der Waals surface area (Å²) < 4.78 is 7.69. The van der Waals surface area contributed by atoms with Crippen LogP contribution in [-0.4, -0.2) is 7.11 Å². The van der Waals surface area contributed by atoms with Crippen LogP contribution < -0.4 is 10.0 Å². The summed E-state index contributed by atoms with van der Waals surface area (Å²) in [5, 5.41) is 1.20. The van der Waals surface area contributed by atoms with Crippen molar-refractivity contribution in [3.8, 4) is 16.9 Å². The van der Waals surface area contributed by atoms with Crippen molar-refractivity contribution in [2.75, 3.05) is 7.11 Å². The van der Waals surface area contributed by atoms with Crippen LogP contribution in [0.2, 0.25) is 0 Å². The van der Waals surface area contributed by atoms with E-state index >= 15 is 0 Å². The van der Waals surface area contributed by atoms with Gasteiger partial charge in [0.05, 0.1) is 7.11 Å². The van der Waals surface area contributed by atoms with Gasteiger partial charge in [-0.15, -0.1) is 9.24 Å². The van der Waals surface area contributed by atoms with Gasteiger partial charge in [0, 0.05) is 12.7 Å². The highest BCUT2D eigenvalue weighted by atomic mass is 127. The molecule has 4 heteroatoms. The minimum absolute atomic E-state index is 0.908. The van der Waals surface area contributed by atoms with Crippen molar-refractivity contribution in [3.05, 3.63) is 43.5 Å². The third-order valence-electron chi connectivity index (χ3n) is 2.45. The second-order valence-electron chi connectivity index (χ2n) is 3.59. The van der Waals surface area contributed by atoms with Crippen LogP contribution in [-0.2, 0) is 0 Å². The molecule has 1 atom stereocenters. The average molecular weight is 468 g/mol. The first-order valence-corrected chi connectivity index (χ1v) is 7.74. The summed E-state index contributed by atoms with van der Waals surface area (Å²) in [7, 11) is 4.40. The van der Waals surface area contributed by atoms with Crippen molar-refractivity contribution in [2.24, 2.45) is 0 Å². The summed E-state index contributed by atoms with van der Waals surface area (Å²) >= 11 is 4.71. The molecule has 0 aliphatic heterocycles. The SMILES string of the molecule is COc1cc(I)c(-c2ccc(P)cc2)c(I)c1. The van der Waals surface area contributed by atoms with Crippen LogP contribution in [0.5, 0.6) is 5.75 Å². The van der Waals surface area contributed by atoms with Gasteiger partial charge in [-0.25, -0.2) is 0 Å². The van der Waals surface area contributed by atoms with Crippen molar-refractivity contribution in [1.29, 1.82) is 0 Å². The van der Waals surface area contributed by atoms with E-state index in [0.29, 0.717) is 0 Å². The number of rotatable bonds is 2. The molecule has 2 rings (SSSR count). The van der Waals surface area contributed by atoms with Gasteiger partial charge in [-0.1, -0.05) is 24.3 Å². The van der Waals surface area contributed by atoms with E-state index < -0.39 is 0 Å². The quantitative estimate of drug-likeness (QED) is 0.478. The number of benzene rings is 2. The van der Waals surface area contributed by atoms with Crippen molar-refractivity contribution in [2.45, 2.75) is 0 Å². The van der Waals surface area contributed by atoms with Gasteiger partial charge < -0.3 is 4.74 Å². The van der Waals surface area contributed by atoms with E-state index in [1.54, 1.807) is 7.11 Å². The lowest BCUT2D eigenvalue weighted by atomic mass is 10.1. The predicted molar refractivity (Wildman–Crippen MR) is 93.2 cm³/mol. The van der Waals surface area contributed by atoms with E-state index in [4.69, 9.17) is 4.74 Å². The first-order valence-electron chi connectivity index (χ1n) is 5.01. The Labute approximate surface area is 131 Å². The molecule has 0 aliphatic rings. The third kappa shape index (κ3) is 3.12. The van der Waals surface area contributed by atoms with Crippen molar-refractivity contribution in [3.63, 3.8) is 0 Å². The minimum Gasteiger partial charge on any atom is -0.497 e. The fraction of sp³-hybridized carbons (Fsp3) is 0.0769. The topological polar surface area (TPSA) is 9.23 Å². The van der Waals surface area contributed by atoms with Crippen molar-refractivity contribution in [1.82, 2.24) is 0 Å². The van der Waals surface area contributed by atoms with Gasteiger partial charge >= 0.3 is 0 Å². The first-order chi connectivity index (χ1) is 8.11. The Morgan fingerprint density at radius 3 is 2.00 bits per heavy atom. The maximum atomic E-state index is 5.27. The summed E-state index contributed by atoms with van der Waals surface area (Å²) in [6.45, 7) is 0. The molecule has 17 heavy (non-hydrogen) atoms. The number of halogens is 2. The highest BCUT2D eigenvalue weighted by Gasteiger charge is 2.09. The molecule has 2 aromatic rings. The summed E-state index contributed by atoms with van der Waals surface area (Å²) in [6.07, 6.45) is 0. The maximum absolute atomic E-state index is 5.27. The summed E-state index contributed by atoms with van der Waals surface area (Å²) in [4.78, 5) is 0. The molecular weight excluding hydrogens is 457 g/mol. The van der Waals surface area contributed by atoms with Gasteiger partial charge in [0.1, 0.15) is 5.75 Å². The van der Waals surface area contributed by atoms with E-state index in [1.165, 1.54) is 23.6 Å². The van der Waals surface area contributed by atoms with E-state index in [2.05, 4.69) is 90.8 Å². The van der Waals surface area contributed by atoms with Crippen LogP contribution >= 0.6 is 54.4 Å². The lowest BCUT2D eigenvalue weighted by Gasteiger charge is -2.10. The predicted octanol–water partition coefficient (Wildman–Crippen LogP) is 4.07. The standard InChI is InChI=1S/C13H11I2OP/c1-16-9-6-11(14)13(12(15)7-9)8-2-4-10(17)5-3-8/h2-7H,17H2,1H3. The van der Waals surface area contributed by atoms with Crippen LogP contribution in [0, 0.1) is 7.14 Å². The molecule has 0 fully saturated rings. The molecule has 1 unspecified atom stereocenters. The zero-order valence-electron chi connectivity index (χ0n) is 9.21. The highest BCUT2D eigenvalue weighted by Crippen LogP contribution is 2.33. The molecule has 0 N–H and O–H groups in total. The number of hydrogen-bond donors (Lipinski definition) is 0. The molecule has 0 aliphatic carbocycles. The van der Waals surface area contributed by atoms with Gasteiger partial charge in [0.15, 0.2) is 0 Å². The van der Waals surface area contributed by atoms with Crippen molar-refractivity contribution < 1.29 is 4.74 Å². The Morgan fingerprint density at radius 1 is 1.00 bits per heavy atom. The second kappa shape index (κ2) is 5.85. The van der Waals surface area contributed by atoms with Crippen LogP contribution in [0.25, 0.3) is 11.1 Å².